The van der Waals surface area contributed by atoms with E-state index in [2.05, 4.69) is 21.1 Å². The predicted molar refractivity (Wildman–Crippen MR) is 80.1 cm³/mol. The zero-order valence-electron chi connectivity index (χ0n) is 12.5. The molecule has 1 aromatic rings. The Morgan fingerprint density at radius 3 is 2.20 bits per heavy atom. The largest absolute Gasteiger partial charge is 0.327 e. The van der Waals surface area contributed by atoms with E-state index in [0.717, 1.165) is 17.3 Å². The zero-order valence-corrected chi connectivity index (χ0v) is 13.3. The van der Waals surface area contributed by atoms with Gasteiger partial charge in [-0.1, -0.05) is 18.2 Å². The predicted octanol–water partition coefficient (Wildman–Crippen LogP) is 2.33. The smallest absolute Gasteiger partial charge is 0.187 e. The lowest BCUT2D eigenvalue weighted by molar-refractivity contribution is -0.898. The van der Waals surface area contributed by atoms with Crippen LogP contribution in [-0.4, -0.2) is 45.3 Å². The van der Waals surface area contributed by atoms with Gasteiger partial charge in [-0.15, -0.1) is 0 Å². The summed E-state index contributed by atoms with van der Waals surface area (Å²) in [6, 6.07) is 9.24. The van der Waals surface area contributed by atoms with Crippen molar-refractivity contribution in [1.29, 1.82) is 0 Å². The third-order valence-electron chi connectivity index (χ3n) is 5.12. The van der Waals surface area contributed by atoms with Crippen LogP contribution in [0.3, 0.4) is 0 Å². The molecule has 3 nitrogen and oxygen atoms in total. The maximum atomic E-state index is 13.1. The molecule has 4 heteroatoms. The number of fused-ring (bicyclic) bond motifs is 2. The number of sulfone groups is 1. The van der Waals surface area contributed by atoms with Crippen molar-refractivity contribution in [3.63, 3.8) is 0 Å². The van der Waals surface area contributed by atoms with E-state index in [0.29, 0.717) is 16.7 Å². The molecule has 2 bridgehead atoms. The minimum Gasteiger partial charge on any atom is -0.327 e. The topological polar surface area (TPSA) is 34.1 Å². The molecule has 0 heterocycles. The van der Waals surface area contributed by atoms with Crippen LogP contribution in [0.4, 0.5) is 0 Å². The molecule has 0 aromatic heterocycles. The average molecular weight is 294 g/mol. The van der Waals surface area contributed by atoms with Crippen molar-refractivity contribution in [2.45, 2.75) is 35.4 Å². The lowest BCUT2D eigenvalue weighted by atomic mass is 9.93. The molecule has 3 rings (SSSR count). The quantitative estimate of drug-likeness (QED) is 0.802. The fourth-order valence-electron chi connectivity index (χ4n) is 4.49. The third kappa shape index (κ3) is 2.09. The maximum Gasteiger partial charge on any atom is 0.187 e. The van der Waals surface area contributed by atoms with Crippen molar-refractivity contribution < 1.29 is 12.9 Å². The van der Waals surface area contributed by atoms with Crippen molar-refractivity contribution in [1.82, 2.24) is 0 Å². The van der Waals surface area contributed by atoms with Crippen LogP contribution in [-0.2, 0) is 9.84 Å². The van der Waals surface area contributed by atoms with Crippen molar-refractivity contribution in [3.05, 3.63) is 30.3 Å². The molecule has 1 aromatic carbocycles. The number of hydrogen-bond donors (Lipinski definition) is 0. The molecule has 2 aliphatic rings. The minimum atomic E-state index is -3.22. The Bertz CT molecular complexity index is 589. The van der Waals surface area contributed by atoms with Crippen molar-refractivity contribution in [3.8, 4) is 0 Å². The number of hydrogen-bond acceptors (Lipinski definition) is 2. The Balaban J connectivity index is 2.04. The number of nitrogens with zero attached hydrogens (tertiary/aromatic N) is 1. The Hall–Kier alpha value is -0.870. The molecule has 110 valence electrons. The van der Waals surface area contributed by atoms with Crippen molar-refractivity contribution >= 4 is 9.84 Å². The molecule has 2 aliphatic carbocycles. The molecule has 0 N–H and O–H groups in total. The van der Waals surface area contributed by atoms with E-state index in [1.165, 1.54) is 6.42 Å². The summed E-state index contributed by atoms with van der Waals surface area (Å²) in [4.78, 5) is 0.496. The van der Waals surface area contributed by atoms with Gasteiger partial charge in [0.2, 0.25) is 0 Å². The summed E-state index contributed by atoms with van der Waals surface area (Å²) >= 11 is 0. The first-order chi connectivity index (χ1) is 9.32. The molecule has 4 atom stereocenters. The van der Waals surface area contributed by atoms with Gasteiger partial charge in [0.15, 0.2) is 9.84 Å². The summed E-state index contributed by atoms with van der Waals surface area (Å²) in [5.41, 5.74) is 0. The highest BCUT2D eigenvalue weighted by molar-refractivity contribution is 7.92. The Kier molecular flexibility index (Phi) is 3.22. The van der Waals surface area contributed by atoms with Crippen LogP contribution in [0, 0.1) is 11.8 Å². The summed E-state index contributed by atoms with van der Waals surface area (Å²) < 4.78 is 26.9. The molecule has 0 saturated heterocycles. The normalized spacial score (nSPS) is 33.5. The van der Waals surface area contributed by atoms with Crippen LogP contribution in [0.2, 0.25) is 0 Å². The lowest BCUT2D eigenvalue weighted by Crippen LogP contribution is -2.56. The van der Waals surface area contributed by atoms with Crippen LogP contribution in [0.15, 0.2) is 35.2 Å². The molecule has 0 aliphatic heterocycles. The summed E-state index contributed by atoms with van der Waals surface area (Å²) in [6.45, 7) is 0. The van der Waals surface area contributed by atoms with Gasteiger partial charge in [-0.3, -0.25) is 0 Å². The molecule has 20 heavy (non-hydrogen) atoms. The first-order valence-electron chi connectivity index (χ1n) is 7.42. The highest BCUT2D eigenvalue weighted by atomic mass is 32.2. The summed E-state index contributed by atoms with van der Waals surface area (Å²) in [5, 5.41) is -0.205. The fraction of sp³-hybridized carbons (Fsp3) is 0.625. The second-order valence-corrected chi connectivity index (χ2v) is 9.37. The van der Waals surface area contributed by atoms with Crippen LogP contribution in [0.1, 0.15) is 19.3 Å². The zero-order chi connectivity index (χ0) is 14.5. The standard InChI is InChI=1S/C16H24NO2S/c1-17(2,3)15-12-9-10-13(11-12)16(15)20(18,19)14-7-5-4-6-8-14/h4-8,12-13,15-16H,9-11H2,1-3H3/q+1/t12-,13+,15-,16-/m1/s1. The van der Waals surface area contributed by atoms with Gasteiger partial charge in [-0.05, 0) is 37.3 Å². The third-order valence-corrected chi connectivity index (χ3v) is 7.43. The van der Waals surface area contributed by atoms with E-state index < -0.39 is 9.84 Å². The second-order valence-electron chi connectivity index (χ2n) is 7.26. The second kappa shape index (κ2) is 4.57. The van der Waals surface area contributed by atoms with Crippen molar-refractivity contribution in [2.24, 2.45) is 11.8 Å². The van der Waals surface area contributed by atoms with E-state index in [-0.39, 0.29) is 11.3 Å². The first kappa shape index (κ1) is 14.1. The van der Waals surface area contributed by atoms with Gasteiger partial charge in [-0.2, -0.15) is 0 Å². The summed E-state index contributed by atoms with van der Waals surface area (Å²) in [7, 11) is 3.20. The minimum absolute atomic E-state index is 0.205. The van der Waals surface area contributed by atoms with E-state index in [4.69, 9.17) is 0 Å². The molecule has 2 fully saturated rings. The highest BCUT2D eigenvalue weighted by Crippen LogP contribution is 2.51. The van der Waals surface area contributed by atoms with E-state index in [1.54, 1.807) is 12.1 Å². The number of rotatable bonds is 3. The van der Waals surface area contributed by atoms with Crippen LogP contribution < -0.4 is 0 Å². The Morgan fingerprint density at radius 1 is 1.00 bits per heavy atom. The summed E-state index contributed by atoms with van der Waals surface area (Å²) in [5.74, 6) is 0.927. The Labute approximate surface area is 122 Å². The van der Waals surface area contributed by atoms with Gasteiger partial charge in [0.05, 0.1) is 26.0 Å². The molecular weight excluding hydrogens is 270 g/mol. The van der Waals surface area contributed by atoms with Gasteiger partial charge in [0.1, 0.15) is 11.3 Å². The van der Waals surface area contributed by atoms with Gasteiger partial charge in [0.25, 0.3) is 0 Å². The van der Waals surface area contributed by atoms with Crippen molar-refractivity contribution in [2.75, 3.05) is 21.1 Å². The monoisotopic (exact) mass is 294 g/mol. The number of quaternary nitrogens is 1. The van der Waals surface area contributed by atoms with E-state index >= 15 is 0 Å². The van der Waals surface area contributed by atoms with Crippen LogP contribution in [0.25, 0.3) is 0 Å². The highest BCUT2D eigenvalue weighted by Gasteiger charge is 2.58. The van der Waals surface area contributed by atoms with E-state index in [1.807, 2.05) is 18.2 Å². The van der Waals surface area contributed by atoms with Gasteiger partial charge in [0, 0.05) is 5.92 Å². The maximum absolute atomic E-state index is 13.1. The van der Waals surface area contributed by atoms with Crippen LogP contribution >= 0.6 is 0 Å². The van der Waals surface area contributed by atoms with Gasteiger partial charge in [-0.25, -0.2) is 8.42 Å². The first-order valence-corrected chi connectivity index (χ1v) is 8.96. The van der Waals surface area contributed by atoms with E-state index in [9.17, 15) is 8.42 Å². The molecular formula is C16H24NO2S+. The molecule has 0 spiro atoms. The lowest BCUT2D eigenvalue weighted by Gasteiger charge is -2.41. The average Bonchev–Trinajstić information content (AvgIpc) is 2.99. The van der Waals surface area contributed by atoms with Crippen LogP contribution in [0.5, 0.6) is 0 Å². The molecule has 2 saturated carbocycles. The number of benzene rings is 1. The van der Waals surface area contributed by atoms with Gasteiger partial charge >= 0.3 is 0 Å². The fourth-order valence-corrected chi connectivity index (χ4v) is 7.04. The SMILES string of the molecule is C[N+](C)(C)[C@@H]1[C@@H]2CC[C@@H](C2)[C@H]1S(=O)(=O)c1ccccc1. The molecule has 0 radical (unpaired) electrons. The Morgan fingerprint density at radius 2 is 1.60 bits per heavy atom. The summed E-state index contributed by atoms with van der Waals surface area (Å²) in [6.07, 6.45) is 3.38. The van der Waals surface area contributed by atoms with Gasteiger partial charge < -0.3 is 4.48 Å². The molecule has 0 amide bonds. The molecule has 0 unspecified atom stereocenters.